The van der Waals surface area contributed by atoms with Gasteiger partial charge in [-0.2, -0.15) is 0 Å². The molecule has 1 aliphatic heterocycles. The van der Waals surface area contributed by atoms with E-state index < -0.39 is 53.5 Å². The highest BCUT2D eigenvalue weighted by Gasteiger charge is 2.50. The van der Waals surface area contributed by atoms with Crippen molar-refractivity contribution in [3.8, 4) is 0 Å². The highest BCUT2D eigenvalue weighted by Crippen LogP contribution is 2.30. The van der Waals surface area contributed by atoms with Gasteiger partial charge in [0, 0.05) is 13.2 Å². The Labute approximate surface area is 254 Å². The summed E-state index contributed by atoms with van der Waals surface area (Å²) in [4.78, 5) is 37.5. The molecule has 0 aliphatic carbocycles. The number of ether oxygens (including phenoxy) is 5. The van der Waals surface area contributed by atoms with E-state index in [2.05, 4.69) is 6.58 Å². The van der Waals surface area contributed by atoms with Crippen LogP contribution in [0.1, 0.15) is 71.8 Å². The van der Waals surface area contributed by atoms with Crippen LogP contribution in [0.2, 0.25) is 0 Å². The van der Waals surface area contributed by atoms with Gasteiger partial charge in [-0.15, -0.1) is 0 Å². The van der Waals surface area contributed by atoms with Crippen LogP contribution in [0.25, 0.3) is 0 Å². The highest BCUT2D eigenvalue weighted by molar-refractivity contribution is 5.77. The Morgan fingerprint density at radius 3 is 2.00 bits per heavy atom. The van der Waals surface area contributed by atoms with E-state index >= 15 is 0 Å². The molecular weight excluding hydrogens is 560 g/mol. The topological polar surface area (TPSA) is 158 Å². The predicted octanol–water partition coefficient (Wildman–Crippen LogP) is 3.22. The molecule has 2 rings (SSSR count). The van der Waals surface area contributed by atoms with Crippen molar-refractivity contribution in [2.24, 2.45) is 10.8 Å². The van der Waals surface area contributed by atoms with Crippen molar-refractivity contribution >= 4 is 17.9 Å². The number of rotatable bonds is 18. The molecule has 0 aromatic heterocycles. The Balaban J connectivity index is 1.64. The Kier molecular flexibility index (Phi) is 14.8. The molecule has 11 heteroatoms. The van der Waals surface area contributed by atoms with Crippen LogP contribution in [0.4, 0.5) is 0 Å². The number of benzene rings is 1. The van der Waals surface area contributed by atoms with Gasteiger partial charge in [0.2, 0.25) is 6.29 Å². The van der Waals surface area contributed by atoms with Crippen LogP contribution < -0.4 is 0 Å². The van der Waals surface area contributed by atoms with Gasteiger partial charge in [-0.05, 0) is 58.9 Å². The number of unbranched alkanes of at least 4 members (excludes halogenated alkanes) is 2. The molecule has 43 heavy (non-hydrogen) atoms. The molecule has 0 radical (unpaired) electrons. The summed E-state index contributed by atoms with van der Waals surface area (Å²) in [6.45, 7) is 11.7. The van der Waals surface area contributed by atoms with Gasteiger partial charge in [0.15, 0.2) is 6.10 Å². The largest absolute Gasteiger partial charge is 0.460 e. The average Bonchev–Trinajstić information content (AvgIpc) is 2.98. The van der Waals surface area contributed by atoms with Crippen LogP contribution >= 0.6 is 0 Å². The standard InChI is InChI=1S/C32H48O11/c1-6-18-40-27(36)26-24(34)23(33)25(35)28(42-26)43-30(38)32(4,5)17-11-13-20-39-19-12-10-16-31(2,3)29(37)41-21-22-14-8-7-9-15-22/h6-9,14-15,23-26,28,33-35H,1,10-13,16-21H2,2-5H3/t23-,24-,25+,26-,28-/m0/s1. The zero-order chi connectivity index (χ0) is 32.0. The maximum atomic E-state index is 12.8. The summed E-state index contributed by atoms with van der Waals surface area (Å²) in [5.41, 5.74) is -0.583. The molecule has 0 spiro atoms. The van der Waals surface area contributed by atoms with Gasteiger partial charge in [0.05, 0.1) is 10.8 Å². The third-order valence-electron chi connectivity index (χ3n) is 7.37. The lowest BCUT2D eigenvalue weighted by atomic mass is 9.87. The summed E-state index contributed by atoms with van der Waals surface area (Å²) in [6.07, 6.45) is -3.15. The van der Waals surface area contributed by atoms with Gasteiger partial charge in [0.25, 0.3) is 0 Å². The summed E-state index contributed by atoms with van der Waals surface area (Å²) in [5, 5.41) is 30.5. The summed E-state index contributed by atoms with van der Waals surface area (Å²) in [5.74, 6) is -1.89. The van der Waals surface area contributed by atoms with Gasteiger partial charge in [-0.25, -0.2) is 4.79 Å². The molecule has 3 N–H and O–H groups in total. The van der Waals surface area contributed by atoms with Crippen molar-refractivity contribution in [3.63, 3.8) is 0 Å². The lowest BCUT2D eigenvalue weighted by Crippen LogP contribution is -2.61. The minimum Gasteiger partial charge on any atom is -0.460 e. The summed E-state index contributed by atoms with van der Waals surface area (Å²) >= 11 is 0. The fraction of sp³-hybridized carbons (Fsp3) is 0.656. The van der Waals surface area contributed by atoms with Crippen LogP contribution in [0.3, 0.4) is 0 Å². The molecule has 1 aliphatic rings. The number of esters is 3. The van der Waals surface area contributed by atoms with Crippen LogP contribution in [-0.2, 0) is 44.7 Å². The summed E-state index contributed by atoms with van der Waals surface area (Å²) < 4.78 is 26.7. The maximum absolute atomic E-state index is 12.8. The maximum Gasteiger partial charge on any atom is 0.338 e. The van der Waals surface area contributed by atoms with E-state index in [9.17, 15) is 29.7 Å². The zero-order valence-corrected chi connectivity index (χ0v) is 25.7. The van der Waals surface area contributed by atoms with E-state index in [-0.39, 0.29) is 19.2 Å². The smallest absolute Gasteiger partial charge is 0.338 e. The number of hydrogen-bond donors (Lipinski definition) is 3. The van der Waals surface area contributed by atoms with E-state index in [0.717, 1.165) is 18.4 Å². The van der Waals surface area contributed by atoms with Crippen molar-refractivity contribution in [1.29, 1.82) is 0 Å². The minimum absolute atomic E-state index is 0.143. The van der Waals surface area contributed by atoms with Crippen molar-refractivity contribution < 1.29 is 53.4 Å². The van der Waals surface area contributed by atoms with Crippen molar-refractivity contribution in [1.82, 2.24) is 0 Å². The average molecular weight is 609 g/mol. The predicted molar refractivity (Wildman–Crippen MR) is 156 cm³/mol. The molecule has 0 saturated carbocycles. The Bertz CT molecular complexity index is 1020. The van der Waals surface area contributed by atoms with Gasteiger partial charge in [0.1, 0.15) is 31.5 Å². The number of carbonyl (C=O) groups is 3. The summed E-state index contributed by atoms with van der Waals surface area (Å²) in [6, 6.07) is 9.57. The lowest BCUT2D eigenvalue weighted by molar-refractivity contribution is -0.289. The van der Waals surface area contributed by atoms with Crippen LogP contribution in [-0.4, -0.2) is 83.8 Å². The van der Waals surface area contributed by atoms with Crippen molar-refractivity contribution in [2.75, 3.05) is 19.8 Å². The van der Waals surface area contributed by atoms with Crippen molar-refractivity contribution in [2.45, 2.75) is 104 Å². The normalized spacial score (nSPS) is 22.4. The first-order chi connectivity index (χ1) is 20.3. The molecule has 242 valence electrons. The molecule has 0 amide bonds. The quantitative estimate of drug-likeness (QED) is 0.0972. The first-order valence-corrected chi connectivity index (χ1v) is 14.8. The molecule has 0 unspecified atom stereocenters. The van der Waals surface area contributed by atoms with Gasteiger partial charge in [-0.1, -0.05) is 55.8 Å². The Morgan fingerprint density at radius 1 is 0.837 bits per heavy atom. The number of hydrogen-bond acceptors (Lipinski definition) is 11. The molecule has 1 fully saturated rings. The van der Waals surface area contributed by atoms with Crippen molar-refractivity contribution in [3.05, 3.63) is 48.6 Å². The molecular formula is C32H48O11. The molecule has 1 aromatic rings. The second-order valence-corrected chi connectivity index (χ2v) is 12.1. The SMILES string of the molecule is C=CCOC(=O)[C@H]1O[C@@H](OC(=O)C(C)(C)CCCCOCCCCC(C)(C)C(=O)OCc2ccccc2)[C@H](O)[C@@H](O)[C@@H]1O. The first-order valence-electron chi connectivity index (χ1n) is 14.8. The minimum atomic E-state index is -1.78. The molecule has 5 atom stereocenters. The summed E-state index contributed by atoms with van der Waals surface area (Å²) in [7, 11) is 0. The van der Waals surface area contributed by atoms with E-state index in [1.807, 2.05) is 44.2 Å². The third kappa shape index (κ3) is 11.6. The fourth-order valence-electron chi connectivity index (χ4n) is 4.40. The van der Waals surface area contributed by atoms with Gasteiger partial charge in [-0.3, -0.25) is 9.59 Å². The van der Waals surface area contributed by atoms with Gasteiger partial charge >= 0.3 is 17.9 Å². The Hall–Kier alpha value is -2.83. The second kappa shape index (κ2) is 17.5. The number of carbonyl (C=O) groups excluding carboxylic acids is 3. The number of aliphatic hydroxyl groups excluding tert-OH is 3. The van der Waals surface area contributed by atoms with Crippen LogP contribution in [0, 0.1) is 10.8 Å². The van der Waals surface area contributed by atoms with E-state index in [4.69, 9.17) is 23.7 Å². The highest BCUT2D eigenvalue weighted by atomic mass is 16.7. The first kappa shape index (κ1) is 36.4. The molecule has 1 saturated heterocycles. The molecule has 1 heterocycles. The number of aliphatic hydroxyl groups is 3. The molecule has 11 nitrogen and oxygen atoms in total. The van der Waals surface area contributed by atoms with E-state index in [0.29, 0.717) is 38.9 Å². The van der Waals surface area contributed by atoms with Crippen LogP contribution in [0.15, 0.2) is 43.0 Å². The molecule has 1 aromatic carbocycles. The van der Waals surface area contributed by atoms with Gasteiger partial charge < -0.3 is 39.0 Å². The second-order valence-electron chi connectivity index (χ2n) is 12.1. The van der Waals surface area contributed by atoms with E-state index in [1.54, 1.807) is 13.8 Å². The zero-order valence-electron chi connectivity index (χ0n) is 25.7. The Morgan fingerprint density at radius 2 is 1.42 bits per heavy atom. The van der Waals surface area contributed by atoms with E-state index in [1.165, 1.54) is 6.08 Å². The van der Waals surface area contributed by atoms with Crippen LogP contribution in [0.5, 0.6) is 0 Å². The molecule has 0 bridgehead atoms. The fourth-order valence-corrected chi connectivity index (χ4v) is 4.40. The monoisotopic (exact) mass is 608 g/mol. The third-order valence-corrected chi connectivity index (χ3v) is 7.37. The lowest BCUT2D eigenvalue weighted by Gasteiger charge is -2.39.